The van der Waals surface area contributed by atoms with Crippen molar-refractivity contribution in [1.82, 2.24) is 5.32 Å². The second kappa shape index (κ2) is 7.41. The smallest absolute Gasteiger partial charge is 0.331 e. The molecular formula is C16H25NO3. The van der Waals surface area contributed by atoms with E-state index in [1.807, 2.05) is 44.2 Å². The van der Waals surface area contributed by atoms with Crippen LogP contribution in [0.15, 0.2) is 30.3 Å². The van der Waals surface area contributed by atoms with Gasteiger partial charge in [-0.25, -0.2) is 4.79 Å². The standard InChI is InChI=1S/C16H25NO3/c1-5-17-16(15(18)19,11-20-13(4)12(2)3)14-9-7-6-8-10-14/h6-10,12-13,17H,5,11H2,1-4H3,(H,18,19). The molecule has 2 unspecified atom stereocenters. The minimum Gasteiger partial charge on any atom is -0.480 e. The number of likely N-dealkylation sites (N-methyl/N-ethyl adjacent to an activating group) is 1. The first-order chi connectivity index (χ1) is 9.44. The number of carboxylic acid groups (broad SMARTS) is 1. The van der Waals surface area contributed by atoms with E-state index >= 15 is 0 Å². The Hall–Kier alpha value is -1.39. The number of carbonyl (C=O) groups is 1. The number of nitrogens with one attached hydrogen (secondary N) is 1. The summed E-state index contributed by atoms with van der Waals surface area (Å²) >= 11 is 0. The second-order valence-electron chi connectivity index (χ2n) is 5.37. The fourth-order valence-electron chi connectivity index (χ4n) is 1.97. The highest BCUT2D eigenvalue weighted by molar-refractivity contribution is 5.81. The molecule has 0 bridgehead atoms. The molecule has 0 heterocycles. The first kappa shape index (κ1) is 16.7. The van der Waals surface area contributed by atoms with Crippen LogP contribution >= 0.6 is 0 Å². The molecule has 1 aromatic rings. The maximum atomic E-state index is 11.9. The Bertz CT molecular complexity index is 419. The van der Waals surface area contributed by atoms with Gasteiger partial charge in [-0.05, 0) is 24.9 Å². The summed E-state index contributed by atoms with van der Waals surface area (Å²) in [4.78, 5) is 11.9. The Kier molecular flexibility index (Phi) is 6.17. The third kappa shape index (κ3) is 3.81. The van der Waals surface area contributed by atoms with Crippen molar-refractivity contribution in [2.75, 3.05) is 13.2 Å². The average Bonchev–Trinajstić information content (AvgIpc) is 2.43. The molecule has 0 spiro atoms. The summed E-state index contributed by atoms with van der Waals surface area (Å²) in [6, 6.07) is 9.20. The van der Waals surface area contributed by atoms with Crippen molar-refractivity contribution >= 4 is 5.97 Å². The molecule has 0 saturated heterocycles. The van der Waals surface area contributed by atoms with Gasteiger partial charge in [0.15, 0.2) is 5.54 Å². The molecule has 0 aliphatic carbocycles. The van der Waals surface area contributed by atoms with E-state index in [-0.39, 0.29) is 12.7 Å². The number of benzene rings is 1. The lowest BCUT2D eigenvalue weighted by atomic mass is 9.90. The Balaban J connectivity index is 3.03. The van der Waals surface area contributed by atoms with Gasteiger partial charge in [-0.15, -0.1) is 0 Å². The summed E-state index contributed by atoms with van der Waals surface area (Å²) in [7, 11) is 0. The highest BCUT2D eigenvalue weighted by atomic mass is 16.5. The van der Waals surface area contributed by atoms with Crippen molar-refractivity contribution in [3.8, 4) is 0 Å². The minimum absolute atomic E-state index is 0.0103. The maximum Gasteiger partial charge on any atom is 0.331 e. The second-order valence-corrected chi connectivity index (χ2v) is 5.37. The molecule has 0 fully saturated rings. The highest BCUT2D eigenvalue weighted by Crippen LogP contribution is 2.23. The number of hydrogen-bond donors (Lipinski definition) is 2. The molecule has 0 saturated carbocycles. The first-order valence-corrected chi connectivity index (χ1v) is 7.09. The van der Waals surface area contributed by atoms with Crippen LogP contribution in [0, 0.1) is 5.92 Å². The fourth-order valence-corrected chi connectivity index (χ4v) is 1.97. The third-order valence-electron chi connectivity index (χ3n) is 3.61. The van der Waals surface area contributed by atoms with Crippen molar-refractivity contribution in [2.24, 2.45) is 5.92 Å². The molecule has 0 radical (unpaired) electrons. The van der Waals surface area contributed by atoms with E-state index in [1.54, 1.807) is 0 Å². The number of rotatable bonds is 8. The van der Waals surface area contributed by atoms with Gasteiger partial charge in [-0.2, -0.15) is 0 Å². The van der Waals surface area contributed by atoms with Gasteiger partial charge in [0, 0.05) is 0 Å². The van der Waals surface area contributed by atoms with E-state index in [1.165, 1.54) is 0 Å². The first-order valence-electron chi connectivity index (χ1n) is 7.09. The van der Waals surface area contributed by atoms with E-state index in [9.17, 15) is 9.90 Å². The van der Waals surface area contributed by atoms with Crippen LogP contribution in [-0.2, 0) is 15.1 Å². The molecule has 0 aliphatic heterocycles. The van der Waals surface area contributed by atoms with E-state index < -0.39 is 11.5 Å². The van der Waals surface area contributed by atoms with Crippen LogP contribution in [0.4, 0.5) is 0 Å². The summed E-state index contributed by atoms with van der Waals surface area (Å²) in [5.41, 5.74) is -0.482. The minimum atomic E-state index is -1.20. The Morgan fingerprint density at radius 2 is 1.90 bits per heavy atom. The molecule has 20 heavy (non-hydrogen) atoms. The zero-order chi connectivity index (χ0) is 15.2. The van der Waals surface area contributed by atoms with Crippen molar-refractivity contribution in [2.45, 2.75) is 39.3 Å². The molecule has 0 aromatic heterocycles. The van der Waals surface area contributed by atoms with Crippen LogP contribution in [-0.4, -0.2) is 30.3 Å². The Morgan fingerprint density at radius 3 is 2.35 bits per heavy atom. The van der Waals surface area contributed by atoms with Crippen LogP contribution in [0.5, 0.6) is 0 Å². The van der Waals surface area contributed by atoms with Gasteiger partial charge in [0.25, 0.3) is 0 Å². The van der Waals surface area contributed by atoms with Gasteiger partial charge in [0.2, 0.25) is 0 Å². The normalized spacial score (nSPS) is 15.8. The van der Waals surface area contributed by atoms with E-state index in [0.717, 1.165) is 0 Å². The average molecular weight is 279 g/mol. The fraction of sp³-hybridized carbons (Fsp3) is 0.562. The van der Waals surface area contributed by atoms with Crippen LogP contribution < -0.4 is 5.32 Å². The zero-order valence-electron chi connectivity index (χ0n) is 12.7. The molecule has 1 aromatic carbocycles. The quantitative estimate of drug-likeness (QED) is 0.768. The maximum absolute atomic E-state index is 11.9. The molecule has 0 aliphatic rings. The van der Waals surface area contributed by atoms with Gasteiger partial charge in [-0.1, -0.05) is 51.1 Å². The summed E-state index contributed by atoms with van der Waals surface area (Å²) in [6.45, 7) is 8.65. The molecule has 1 rings (SSSR count). The van der Waals surface area contributed by atoms with Crippen molar-refractivity contribution in [3.05, 3.63) is 35.9 Å². The predicted molar refractivity (Wildman–Crippen MR) is 79.7 cm³/mol. The molecule has 0 amide bonds. The van der Waals surface area contributed by atoms with E-state index in [0.29, 0.717) is 18.0 Å². The lowest BCUT2D eigenvalue weighted by Gasteiger charge is -2.32. The highest BCUT2D eigenvalue weighted by Gasteiger charge is 2.40. The molecule has 2 atom stereocenters. The number of ether oxygens (including phenoxy) is 1. The number of carboxylic acids is 1. The lowest BCUT2D eigenvalue weighted by molar-refractivity contribution is -0.150. The summed E-state index contributed by atoms with van der Waals surface area (Å²) in [5, 5.41) is 12.8. The monoisotopic (exact) mass is 279 g/mol. The predicted octanol–water partition coefficient (Wildman–Crippen LogP) is 2.64. The number of aliphatic carboxylic acids is 1. The SMILES string of the molecule is CCNC(COC(C)C(C)C)(C(=O)O)c1ccccc1. The van der Waals surface area contributed by atoms with Crippen molar-refractivity contribution in [3.63, 3.8) is 0 Å². The van der Waals surface area contributed by atoms with Crippen molar-refractivity contribution < 1.29 is 14.6 Å². The topological polar surface area (TPSA) is 58.6 Å². The summed E-state index contributed by atoms with van der Waals surface area (Å²) in [5.74, 6) is -0.569. The van der Waals surface area contributed by atoms with E-state index in [2.05, 4.69) is 19.2 Å². The zero-order valence-corrected chi connectivity index (χ0v) is 12.7. The van der Waals surface area contributed by atoms with Crippen LogP contribution in [0.1, 0.15) is 33.3 Å². The van der Waals surface area contributed by atoms with Gasteiger partial charge in [0.1, 0.15) is 0 Å². The molecule has 4 nitrogen and oxygen atoms in total. The lowest BCUT2D eigenvalue weighted by Crippen LogP contribution is -2.53. The van der Waals surface area contributed by atoms with Crippen molar-refractivity contribution in [1.29, 1.82) is 0 Å². The van der Waals surface area contributed by atoms with Crippen LogP contribution in [0.2, 0.25) is 0 Å². The van der Waals surface area contributed by atoms with Gasteiger partial charge < -0.3 is 9.84 Å². The molecule has 112 valence electrons. The van der Waals surface area contributed by atoms with E-state index in [4.69, 9.17) is 4.74 Å². The van der Waals surface area contributed by atoms with Crippen LogP contribution in [0.25, 0.3) is 0 Å². The van der Waals surface area contributed by atoms with Gasteiger partial charge in [0.05, 0.1) is 12.7 Å². The Labute approximate surface area is 121 Å². The summed E-state index contributed by atoms with van der Waals surface area (Å²) < 4.78 is 5.79. The molecular weight excluding hydrogens is 254 g/mol. The number of hydrogen-bond acceptors (Lipinski definition) is 3. The Morgan fingerprint density at radius 1 is 1.30 bits per heavy atom. The van der Waals surface area contributed by atoms with Gasteiger partial charge in [-0.3, -0.25) is 5.32 Å². The largest absolute Gasteiger partial charge is 0.480 e. The van der Waals surface area contributed by atoms with Crippen LogP contribution in [0.3, 0.4) is 0 Å². The molecule has 4 heteroatoms. The third-order valence-corrected chi connectivity index (χ3v) is 3.61. The molecule has 2 N–H and O–H groups in total. The summed E-state index contributed by atoms with van der Waals surface area (Å²) in [6.07, 6.45) is 0.0103. The van der Waals surface area contributed by atoms with Gasteiger partial charge >= 0.3 is 5.97 Å².